The molecule has 0 aliphatic heterocycles. The number of hydrazine groups is 1. The van der Waals surface area contributed by atoms with Crippen LogP contribution >= 0.6 is 0 Å². The van der Waals surface area contributed by atoms with Gasteiger partial charge in [-0.15, -0.1) is 0 Å². The third kappa shape index (κ3) is 1.63. The van der Waals surface area contributed by atoms with Crippen LogP contribution in [0.4, 0.5) is 8.78 Å². The number of halogens is 2. The monoisotopic (exact) mass is 198 g/mol. The van der Waals surface area contributed by atoms with Crippen LogP contribution in [-0.2, 0) is 0 Å². The van der Waals surface area contributed by atoms with Crippen molar-refractivity contribution in [1.82, 2.24) is 5.43 Å². The van der Waals surface area contributed by atoms with Gasteiger partial charge in [-0.25, -0.2) is 8.78 Å². The molecule has 0 bridgehead atoms. The average Bonchev–Trinajstić information content (AvgIpc) is 2.97. The molecule has 0 amide bonds. The highest BCUT2D eigenvalue weighted by Gasteiger charge is 2.33. The van der Waals surface area contributed by atoms with Crippen molar-refractivity contribution < 1.29 is 8.78 Å². The van der Waals surface area contributed by atoms with Gasteiger partial charge in [0.05, 0.1) is 6.04 Å². The molecule has 14 heavy (non-hydrogen) atoms. The quantitative estimate of drug-likeness (QED) is 0.575. The molecule has 1 saturated carbocycles. The molecule has 1 atom stereocenters. The molecule has 0 heterocycles. The van der Waals surface area contributed by atoms with Crippen LogP contribution < -0.4 is 11.3 Å². The van der Waals surface area contributed by atoms with E-state index in [0.717, 1.165) is 18.9 Å². The number of nitrogens with one attached hydrogen (secondary N) is 1. The van der Waals surface area contributed by atoms with Gasteiger partial charge in [0.1, 0.15) is 0 Å². The van der Waals surface area contributed by atoms with Gasteiger partial charge < -0.3 is 0 Å². The summed E-state index contributed by atoms with van der Waals surface area (Å²) in [5.74, 6) is 4.06. The summed E-state index contributed by atoms with van der Waals surface area (Å²) in [6.45, 7) is 0. The van der Waals surface area contributed by atoms with Crippen molar-refractivity contribution in [2.24, 2.45) is 11.8 Å². The van der Waals surface area contributed by atoms with E-state index in [1.165, 1.54) is 6.07 Å². The summed E-state index contributed by atoms with van der Waals surface area (Å²) in [5.41, 5.74) is 2.87. The van der Waals surface area contributed by atoms with Gasteiger partial charge in [0.25, 0.3) is 0 Å². The Hall–Kier alpha value is -1.00. The Labute approximate surface area is 81.1 Å². The van der Waals surface area contributed by atoms with Crippen molar-refractivity contribution in [1.29, 1.82) is 0 Å². The number of hydrogen-bond acceptors (Lipinski definition) is 2. The van der Waals surface area contributed by atoms with E-state index in [-0.39, 0.29) is 6.04 Å². The van der Waals surface area contributed by atoms with Crippen LogP contribution in [0.25, 0.3) is 0 Å². The topological polar surface area (TPSA) is 38.0 Å². The fourth-order valence-electron chi connectivity index (χ4n) is 1.67. The lowest BCUT2D eigenvalue weighted by atomic mass is 10.0. The highest BCUT2D eigenvalue weighted by molar-refractivity contribution is 5.24. The van der Waals surface area contributed by atoms with Crippen LogP contribution in [0, 0.1) is 17.6 Å². The first kappa shape index (κ1) is 9.55. The standard InChI is InChI=1S/C10H12F2N2/c11-8-3-1-2-7(9(8)12)10(14-13)6-4-5-6/h1-3,6,10,14H,4-5,13H2. The maximum absolute atomic E-state index is 13.4. The molecule has 76 valence electrons. The summed E-state index contributed by atoms with van der Waals surface area (Å²) in [6, 6.07) is 3.92. The zero-order valence-electron chi connectivity index (χ0n) is 7.63. The van der Waals surface area contributed by atoms with Crippen molar-refractivity contribution in [3.05, 3.63) is 35.4 Å². The van der Waals surface area contributed by atoms with Gasteiger partial charge in [-0.3, -0.25) is 11.3 Å². The van der Waals surface area contributed by atoms with Crippen LogP contribution in [-0.4, -0.2) is 0 Å². The predicted octanol–water partition coefficient (Wildman–Crippen LogP) is 1.88. The lowest BCUT2D eigenvalue weighted by Gasteiger charge is -2.16. The third-order valence-electron chi connectivity index (χ3n) is 2.59. The Morgan fingerprint density at radius 3 is 2.64 bits per heavy atom. The second kappa shape index (κ2) is 3.63. The molecule has 2 nitrogen and oxygen atoms in total. The molecule has 0 radical (unpaired) electrons. The van der Waals surface area contributed by atoms with E-state index in [1.54, 1.807) is 6.07 Å². The lowest BCUT2D eigenvalue weighted by molar-refractivity contribution is 0.441. The third-order valence-corrected chi connectivity index (χ3v) is 2.59. The second-order valence-corrected chi connectivity index (χ2v) is 3.62. The molecule has 3 N–H and O–H groups in total. The van der Waals surface area contributed by atoms with Gasteiger partial charge in [0.15, 0.2) is 11.6 Å². The minimum Gasteiger partial charge on any atom is -0.271 e. The molecule has 2 rings (SSSR count). The van der Waals surface area contributed by atoms with Crippen LogP contribution in [0.2, 0.25) is 0 Å². The summed E-state index contributed by atoms with van der Waals surface area (Å²) in [6.07, 6.45) is 2.04. The average molecular weight is 198 g/mol. The van der Waals surface area contributed by atoms with Gasteiger partial charge >= 0.3 is 0 Å². The Morgan fingerprint density at radius 1 is 1.36 bits per heavy atom. The molecule has 1 aliphatic carbocycles. The Kier molecular flexibility index (Phi) is 2.48. The van der Waals surface area contributed by atoms with Crippen LogP contribution in [0.5, 0.6) is 0 Å². The van der Waals surface area contributed by atoms with Crippen molar-refractivity contribution in [3.63, 3.8) is 0 Å². The molecule has 4 heteroatoms. The van der Waals surface area contributed by atoms with E-state index in [9.17, 15) is 8.78 Å². The molecule has 1 unspecified atom stereocenters. The van der Waals surface area contributed by atoms with Crippen molar-refractivity contribution in [2.45, 2.75) is 18.9 Å². The molecule has 1 aromatic rings. The fraction of sp³-hybridized carbons (Fsp3) is 0.400. The highest BCUT2D eigenvalue weighted by Crippen LogP contribution is 2.41. The number of nitrogens with two attached hydrogens (primary N) is 1. The van der Waals surface area contributed by atoms with Gasteiger partial charge in [-0.05, 0) is 24.8 Å². The zero-order valence-corrected chi connectivity index (χ0v) is 7.63. The van der Waals surface area contributed by atoms with E-state index in [2.05, 4.69) is 5.43 Å². The minimum atomic E-state index is -0.816. The summed E-state index contributed by atoms with van der Waals surface area (Å²) in [5, 5.41) is 0. The highest BCUT2D eigenvalue weighted by atomic mass is 19.2. The van der Waals surface area contributed by atoms with E-state index < -0.39 is 11.6 Å². The largest absolute Gasteiger partial charge is 0.271 e. The molecular weight excluding hydrogens is 186 g/mol. The molecule has 1 aliphatic rings. The SMILES string of the molecule is NNC(c1cccc(F)c1F)C1CC1. The summed E-state index contributed by atoms with van der Waals surface area (Å²) < 4.78 is 26.3. The predicted molar refractivity (Wildman–Crippen MR) is 49.1 cm³/mol. The van der Waals surface area contributed by atoms with Crippen molar-refractivity contribution >= 4 is 0 Å². The Balaban J connectivity index is 2.33. The van der Waals surface area contributed by atoms with Crippen LogP contribution in [0.1, 0.15) is 24.4 Å². The Morgan fingerprint density at radius 2 is 2.07 bits per heavy atom. The summed E-state index contributed by atoms with van der Waals surface area (Å²) in [4.78, 5) is 0. The lowest BCUT2D eigenvalue weighted by Crippen LogP contribution is -2.30. The van der Waals surface area contributed by atoms with Gasteiger partial charge in [-0.2, -0.15) is 0 Å². The van der Waals surface area contributed by atoms with Crippen molar-refractivity contribution in [2.75, 3.05) is 0 Å². The fourth-order valence-corrected chi connectivity index (χ4v) is 1.67. The van der Waals surface area contributed by atoms with Gasteiger partial charge in [-0.1, -0.05) is 12.1 Å². The van der Waals surface area contributed by atoms with Gasteiger partial charge in [0.2, 0.25) is 0 Å². The smallest absolute Gasteiger partial charge is 0.163 e. The number of hydrogen-bond donors (Lipinski definition) is 2. The summed E-state index contributed by atoms with van der Waals surface area (Å²) >= 11 is 0. The van der Waals surface area contributed by atoms with Crippen LogP contribution in [0.3, 0.4) is 0 Å². The van der Waals surface area contributed by atoms with Crippen LogP contribution in [0.15, 0.2) is 18.2 Å². The second-order valence-electron chi connectivity index (χ2n) is 3.62. The summed E-state index contributed by atoms with van der Waals surface area (Å²) in [7, 11) is 0. The van der Waals surface area contributed by atoms with E-state index in [4.69, 9.17) is 5.84 Å². The van der Waals surface area contributed by atoms with E-state index >= 15 is 0 Å². The normalized spacial score (nSPS) is 18.2. The maximum Gasteiger partial charge on any atom is 0.163 e. The number of benzene rings is 1. The number of rotatable bonds is 3. The first-order valence-corrected chi connectivity index (χ1v) is 4.64. The molecular formula is C10H12F2N2. The van der Waals surface area contributed by atoms with E-state index in [1.807, 2.05) is 0 Å². The zero-order chi connectivity index (χ0) is 10.1. The molecule has 0 aromatic heterocycles. The minimum absolute atomic E-state index is 0.259. The van der Waals surface area contributed by atoms with Gasteiger partial charge in [0, 0.05) is 5.56 Å². The first-order valence-electron chi connectivity index (χ1n) is 4.64. The maximum atomic E-state index is 13.4. The Bertz CT molecular complexity index is 337. The molecule has 1 aromatic carbocycles. The molecule has 0 saturated heterocycles. The van der Waals surface area contributed by atoms with Crippen molar-refractivity contribution in [3.8, 4) is 0 Å². The van der Waals surface area contributed by atoms with E-state index in [0.29, 0.717) is 11.5 Å². The first-order chi connectivity index (χ1) is 6.74. The molecule has 0 spiro atoms. The molecule has 1 fully saturated rings.